The number of hydrogen-bond donors (Lipinski definition) is 0. The van der Waals surface area contributed by atoms with Crippen molar-refractivity contribution in [3.05, 3.63) is 95.9 Å². The molecule has 1 aliphatic carbocycles. The molecule has 0 radical (unpaired) electrons. The van der Waals surface area contributed by atoms with Crippen LogP contribution in [0.1, 0.15) is 12.8 Å². The van der Waals surface area contributed by atoms with Gasteiger partial charge in [0.2, 0.25) is 0 Å². The molecule has 0 amide bonds. The number of hydrogen-bond acceptors (Lipinski definition) is 2. The van der Waals surface area contributed by atoms with Gasteiger partial charge >= 0.3 is 0 Å². The highest BCUT2D eigenvalue weighted by molar-refractivity contribution is 6.11. The van der Waals surface area contributed by atoms with Crippen molar-refractivity contribution in [1.82, 2.24) is 18.8 Å². The largest absolute Gasteiger partial charge is 0.299 e. The van der Waals surface area contributed by atoms with Crippen LogP contribution in [0.2, 0.25) is 0 Å². The first-order chi connectivity index (χ1) is 16.9. The van der Waals surface area contributed by atoms with Gasteiger partial charge in [0.05, 0.1) is 21.7 Å². The molecule has 34 heavy (non-hydrogen) atoms. The predicted octanol–water partition coefficient (Wildman–Crippen LogP) is 5.46. The van der Waals surface area contributed by atoms with Gasteiger partial charge in [0, 0.05) is 34.3 Å². The molecule has 4 nitrogen and oxygen atoms in total. The number of imidazole rings is 2. The summed E-state index contributed by atoms with van der Waals surface area (Å²) in [4.78, 5) is 10.0. The zero-order chi connectivity index (χ0) is 22.2. The Balaban J connectivity index is 1.61. The number of benzene rings is 3. The van der Waals surface area contributed by atoms with E-state index in [1.54, 1.807) is 0 Å². The van der Waals surface area contributed by atoms with Crippen molar-refractivity contribution in [2.24, 2.45) is 0 Å². The molecule has 4 aromatic heterocycles. The lowest BCUT2D eigenvalue weighted by atomic mass is 9.97. The Labute approximate surface area is 194 Å². The highest BCUT2D eigenvalue weighted by atomic mass is 15.0. The van der Waals surface area contributed by atoms with E-state index in [-0.39, 0.29) is 0 Å². The van der Waals surface area contributed by atoms with Crippen molar-refractivity contribution in [3.8, 4) is 11.1 Å². The summed E-state index contributed by atoms with van der Waals surface area (Å²) in [5.74, 6) is 0. The molecule has 160 valence electrons. The van der Waals surface area contributed by atoms with Crippen LogP contribution < -0.4 is 10.7 Å². The number of nitrogens with zero attached hydrogens (tertiary/aromatic N) is 4. The first-order valence-electron chi connectivity index (χ1n) is 11.8. The van der Waals surface area contributed by atoms with E-state index in [4.69, 9.17) is 9.97 Å². The van der Waals surface area contributed by atoms with Gasteiger partial charge in [-0.3, -0.25) is 8.80 Å². The van der Waals surface area contributed by atoms with E-state index in [1.807, 2.05) is 0 Å². The highest BCUT2D eigenvalue weighted by Crippen LogP contribution is 2.37. The molecule has 0 aliphatic heterocycles. The molecular formula is C30H20N4. The van der Waals surface area contributed by atoms with Crippen LogP contribution in [0.3, 0.4) is 0 Å². The molecule has 0 saturated heterocycles. The number of pyridine rings is 2. The molecule has 0 bridgehead atoms. The number of para-hydroxylation sites is 2. The monoisotopic (exact) mass is 436 g/mol. The van der Waals surface area contributed by atoms with Crippen LogP contribution in [-0.4, -0.2) is 18.8 Å². The molecule has 1 aliphatic rings. The maximum Gasteiger partial charge on any atom is 0.145 e. The summed E-state index contributed by atoms with van der Waals surface area (Å²) in [5, 5.41) is 7.05. The molecule has 7 aromatic rings. The second kappa shape index (κ2) is 6.55. The normalized spacial score (nSPS) is 13.5. The summed E-state index contributed by atoms with van der Waals surface area (Å²) >= 11 is 0. The highest BCUT2D eigenvalue weighted by Gasteiger charge is 2.17. The summed E-state index contributed by atoms with van der Waals surface area (Å²) in [6.07, 6.45) is 11.2. The summed E-state index contributed by atoms with van der Waals surface area (Å²) < 4.78 is 4.53. The van der Waals surface area contributed by atoms with Gasteiger partial charge in [-0.2, -0.15) is 0 Å². The molecule has 0 unspecified atom stereocenters. The Morgan fingerprint density at radius 1 is 0.559 bits per heavy atom. The van der Waals surface area contributed by atoms with Gasteiger partial charge in [0.25, 0.3) is 0 Å². The van der Waals surface area contributed by atoms with Gasteiger partial charge < -0.3 is 0 Å². The fourth-order valence-corrected chi connectivity index (χ4v) is 5.59. The maximum atomic E-state index is 5.02. The minimum atomic E-state index is 0.994. The van der Waals surface area contributed by atoms with Crippen LogP contribution in [0.5, 0.6) is 0 Å². The van der Waals surface area contributed by atoms with Crippen LogP contribution in [0.25, 0.3) is 67.2 Å². The molecule has 0 N–H and O–H groups in total. The smallest absolute Gasteiger partial charge is 0.145 e. The molecule has 0 saturated carbocycles. The predicted molar refractivity (Wildman–Crippen MR) is 139 cm³/mol. The van der Waals surface area contributed by atoms with Gasteiger partial charge in [-0.25, -0.2) is 9.97 Å². The third-order valence-electron chi connectivity index (χ3n) is 7.14. The van der Waals surface area contributed by atoms with E-state index in [0.29, 0.717) is 0 Å². The second-order valence-electron chi connectivity index (χ2n) is 9.03. The average Bonchev–Trinajstić information content (AvgIpc) is 3.46. The van der Waals surface area contributed by atoms with E-state index < -0.39 is 0 Å². The van der Waals surface area contributed by atoms with Gasteiger partial charge in [0.15, 0.2) is 0 Å². The van der Waals surface area contributed by atoms with Gasteiger partial charge in [-0.05, 0) is 35.7 Å². The fraction of sp³-hybridized carbons (Fsp3) is 0.0667. The SMILES string of the molecule is C1=c2nc3c4ccccc4c(-c4cn5c6ccccc6nc5c5ccccc45)cn3c2=CCC1. The molecule has 3 aromatic carbocycles. The second-order valence-corrected chi connectivity index (χ2v) is 9.03. The Hall–Kier alpha value is -4.44. The molecular weight excluding hydrogens is 416 g/mol. The quantitative estimate of drug-likeness (QED) is 0.342. The maximum absolute atomic E-state index is 5.02. The van der Waals surface area contributed by atoms with Crippen LogP contribution in [0.4, 0.5) is 0 Å². The first-order valence-corrected chi connectivity index (χ1v) is 11.8. The topological polar surface area (TPSA) is 34.6 Å². The van der Waals surface area contributed by atoms with Crippen molar-refractivity contribution >= 4 is 56.0 Å². The molecule has 4 heteroatoms. The van der Waals surface area contributed by atoms with Crippen LogP contribution in [0, 0.1) is 0 Å². The summed E-state index contributed by atoms with van der Waals surface area (Å²) in [7, 11) is 0. The third kappa shape index (κ3) is 2.32. The molecule has 4 heterocycles. The molecule has 0 fully saturated rings. The van der Waals surface area contributed by atoms with Crippen LogP contribution >= 0.6 is 0 Å². The minimum Gasteiger partial charge on any atom is -0.299 e. The zero-order valence-corrected chi connectivity index (χ0v) is 18.4. The van der Waals surface area contributed by atoms with Gasteiger partial charge in [-0.1, -0.05) is 72.8 Å². The van der Waals surface area contributed by atoms with Crippen molar-refractivity contribution in [1.29, 1.82) is 0 Å². The summed E-state index contributed by atoms with van der Waals surface area (Å²) in [5.41, 5.74) is 6.56. The van der Waals surface area contributed by atoms with Crippen LogP contribution in [-0.2, 0) is 0 Å². The van der Waals surface area contributed by atoms with E-state index >= 15 is 0 Å². The Morgan fingerprint density at radius 3 is 1.91 bits per heavy atom. The lowest BCUT2D eigenvalue weighted by molar-refractivity contribution is 1.06. The Kier molecular flexibility index (Phi) is 3.47. The van der Waals surface area contributed by atoms with Gasteiger partial charge in [-0.15, -0.1) is 0 Å². The molecule has 0 atom stereocenters. The zero-order valence-electron chi connectivity index (χ0n) is 18.4. The lowest BCUT2D eigenvalue weighted by Crippen LogP contribution is -2.28. The number of aromatic nitrogens is 4. The molecule has 8 rings (SSSR count). The standard InChI is InChI=1S/C30H20N4/c1-3-11-21-19(9-1)23(17-33-27-15-7-5-13-25(27)31-29(21)33)24-18-34-28-16-8-6-14-26(28)32-30(34)22-12-4-2-10-20(22)24/h1-5,7,9-18H,6,8H2. The van der Waals surface area contributed by atoms with Crippen molar-refractivity contribution in [2.75, 3.05) is 0 Å². The van der Waals surface area contributed by atoms with Crippen molar-refractivity contribution in [2.45, 2.75) is 12.8 Å². The van der Waals surface area contributed by atoms with Crippen molar-refractivity contribution in [3.63, 3.8) is 0 Å². The van der Waals surface area contributed by atoms with E-state index in [2.05, 4.69) is 106 Å². The number of fused-ring (bicyclic) bond motifs is 10. The fourth-order valence-electron chi connectivity index (χ4n) is 5.59. The average molecular weight is 437 g/mol. The summed E-state index contributed by atoms with van der Waals surface area (Å²) in [6.45, 7) is 0. The Bertz CT molecular complexity index is 2080. The third-order valence-corrected chi connectivity index (χ3v) is 7.14. The van der Waals surface area contributed by atoms with Crippen LogP contribution in [0.15, 0.2) is 85.2 Å². The number of rotatable bonds is 1. The van der Waals surface area contributed by atoms with E-state index in [9.17, 15) is 0 Å². The first kappa shape index (κ1) is 18.0. The van der Waals surface area contributed by atoms with E-state index in [0.717, 1.165) is 45.9 Å². The lowest BCUT2D eigenvalue weighted by Gasteiger charge is -2.13. The van der Waals surface area contributed by atoms with Gasteiger partial charge in [0.1, 0.15) is 11.3 Å². The van der Waals surface area contributed by atoms with Crippen molar-refractivity contribution < 1.29 is 0 Å². The molecule has 0 spiro atoms. The summed E-state index contributed by atoms with van der Waals surface area (Å²) in [6, 6.07) is 25.6. The Morgan fingerprint density at radius 2 is 1.15 bits per heavy atom. The minimum absolute atomic E-state index is 0.994. The van der Waals surface area contributed by atoms with E-state index in [1.165, 1.54) is 32.6 Å².